The lowest BCUT2D eigenvalue weighted by molar-refractivity contribution is -0.121. The minimum absolute atomic E-state index is 0.000823. The molecule has 0 aliphatic rings. The minimum atomic E-state index is -4.05. The molecular formula is C21H30N6O5S. The molecule has 12 heteroatoms. The van der Waals surface area contributed by atoms with Gasteiger partial charge in [-0.3, -0.25) is 18.9 Å². The number of aromatic nitrogens is 1. The van der Waals surface area contributed by atoms with Gasteiger partial charge in [-0.05, 0) is 47.3 Å². The number of hydrogen-bond donors (Lipinski definition) is 4. The Bertz CT molecular complexity index is 1190. The van der Waals surface area contributed by atoms with Crippen molar-refractivity contribution in [3.8, 4) is 0 Å². The highest BCUT2D eigenvalue weighted by molar-refractivity contribution is 7.92. The lowest BCUT2D eigenvalue weighted by atomic mass is 9.87. The van der Waals surface area contributed by atoms with E-state index in [0.717, 1.165) is 10.1 Å². The molecule has 0 saturated carbocycles. The molecular weight excluding hydrogens is 448 g/mol. The Morgan fingerprint density at radius 2 is 1.73 bits per heavy atom. The SMILES string of the molecule is Cc1ccc(NS(=O)(=O)c2ccc(C(C)(C)C)cc2)c(=O)n1C(CCON=C(N)N)C(N)=O. The lowest BCUT2D eigenvalue weighted by Crippen LogP contribution is -2.37. The predicted molar refractivity (Wildman–Crippen MR) is 126 cm³/mol. The molecule has 0 spiro atoms. The fourth-order valence-corrected chi connectivity index (χ4v) is 4.19. The third-order valence-corrected chi connectivity index (χ3v) is 6.27. The van der Waals surface area contributed by atoms with Crippen molar-refractivity contribution in [2.24, 2.45) is 22.4 Å². The van der Waals surface area contributed by atoms with Gasteiger partial charge in [-0.1, -0.05) is 32.9 Å². The second-order valence-electron chi connectivity index (χ2n) is 8.50. The van der Waals surface area contributed by atoms with Crippen LogP contribution < -0.4 is 27.5 Å². The van der Waals surface area contributed by atoms with Crippen LogP contribution in [0.4, 0.5) is 5.69 Å². The molecule has 0 bridgehead atoms. The molecule has 1 aromatic carbocycles. The lowest BCUT2D eigenvalue weighted by Gasteiger charge is -2.21. The third kappa shape index (κ3) is 6.48. The van der Waals surface area contributed by atoms with Gasteiger partial charge < -0.3 is 22.0 Å². The molecule has 2 rings (SSSR count). The van der Waals surface area contributed by atoms with Crippen molar-refractivity contribution in [3.05, 3.63) is 58.0 Å². The number of rotatable bonds is 9. The highest BCUT2D eigenvalue weighted by Crippen LogP contribution is 2.24. The van der Waals surface area contributed by atoms with E-state index in [9.17, 15) is 18.0 Å². The van der Waals surface area contributed by atoms with Gasteiger partial charge in [0, 0.05) is 12.1 Å². The summed E-state index contributed by atoms with van der Waals surface area (Å²) in [5.41, 5.74) is 16.1. The maximum absolute atomic E-state index is 13.1. The van der Waals surface area contributed by atoms with Crippen LogP contribution in [0.5, 0.6) is 0 Å². The average molecular weight is 479 g/mol. The first-order valence-corrected chi connectivity index (χ1v) is 11.6. The van der Waals surface area contributed by atoms with Gasteiger partial charge in [0.25, 0.3) is 15.6 Å². The number of anilines is 1. The molecule has 1 unspecified atom stereocenters. The molecule has 1 atom stereocenters. The van der Waals surface area contributed by atoms with E-state index in [4.69, 9.17) is 22.0 Å². The normalized spacial score (nSPS) is 12.6. The number of nitrogens with zero attached hydrogens (tertiary/aromatic N) is 2. The summed E-state index contributed by atoms with van der Waals surface area (Å²) in [5, 5.41) is 3.36. The Morgan fingerprint density at radius 3 is 2.24 bits per heavy atom. The number of hydrogen-bond acceptors (Lipinski definition) is 6. The molecule has 1 amide bonds. The largest absolute Gasteiger partial charge is 0.393 e. The van der Waals surface area contributed by atoms with Crippen molar-refractivity contribution < 1.29 is 18.0 Å². The van der Waals surface area contributed by atoms with Gasteiger partial charge in [-0.15, -0.1) is 0 Å². The number of amides is 1. The highest BCUT2D eigenvalue weighted by atomic mass is 32.2. The molecule has 0 aliphatic carbocycles. The van der Waals surface area contributed by atoms with Crippen LogP contribution >= 0.6 is 0 Å². The summed E-state index contributed by atoms with van der Waals surface area (Å²) in [6, 6.07) is 8.13. The number of oxime groups is 1. The van der Waals surface area contributed by atoms with Crippen LogP contribution in [0.25, 0.3) is 0 Å². The van der Waals surface area contributed by atoms with Gasteiger partial charge in [-0.2, -0.15) is 0 Å². The zero-order valence-electron chi connectivity index (χ0n) is 19.0. The summed E-state index contributed by atoms with van der Waals surface area (Å²) >= 11 is 0. The first-order chi connectivity index (χ1) is 15.2. The molecule has 0 aliphatic heterocycles. The number of nitrogens with two attached hydrogens (primary N) is 3. The average Bonchev–Trinajstić information content (AvgIpc) is 2.70. The number of nitrogens with one attached hydrogen (secondary N) is 1. The summed E-state index contributed by atoms with van der Waals surface area (Å²) in [5.74, 6) is -1.10. The van der Waals surface area contributed by atoms with E-state index >= 15 is 0 Å². The first kappa shape index (κ1) is 25.7. The topological polar surface area (TPSA) is 185 Å². The van der Waals surface area contributed by atoms with Crippen LogP contribution in [0.2, 0.25) is 0 Å². The molecule has 0 fully saturated rings. The van der Waals surface area contributed by atoms with Crippen molar-refractivity contribution >= 4 is 27.6 Å². The maximum Gasteiger partial charge on any atom is 0.275 e. The number of pyridine rings is 1. The van der Waals surface area contributed by atoms with E-state index in [0.29, 0.717) is 5.69 Å². The molecule has 7 N–H and O–H groups in total. The van der Waals surface area contributed by atoms with Crippen LogP contribution in [-0.4, -0.2) is 31.5 Å². The van der Waals surface area contributed by atoms with E-state index in [1.807, 2.05) is 20.8 Å². The van der Waals surface area contributed by atoms with Gasteiger partial charge >= 0.3 is 0 Å². The maximum atomic E-state index is 13.1. The van der Waals surface area contributed by atoms with Crippen molar-refractivity contribution in [2.75, 3.05) is 11.3 Å². The standard InChI is InChI=1S/C21H30N6O5S/c1-13-5-10-16(19(29)27(13)17(18(22)28)11-12-32-25-20(23)24)26-33(30,31)15-8-6-14(7-9-15)21(2,3)4/h5-10,17,26H,11-12H2,1-4H3,(H2,22,28)(H4,23,24,25). The summed E-state index contributed by atoms with van der Waals surface area (Å²) in [6.07, 6.45) is -0.0165. The highest BCUT2D eigenvalue weighted by Gasteiger charge is 2.24. The molecule has 33 heavy (non-hydrogen) atoms. The Hall–Kier alpha value is -3.54. The van der Waals surface area contributed by atoms with Crippen LogP contribution in [0.3, 0.4) is 0 Å². The monoisotopic (exact) mass is 478 g/mol. The summed E-state index contributed by atoms with van der Waals surface area (Å²) in [7, 11) is -4.05. The Morgan fingerprint density at radius 1 is 1.12 bits per heavy atom. The Labute approximate surface area is 192 Å². The number of aryl methyl sites for hydroxylation is 1. The van der Waals surface area contributed by atoms with Gasteiger partial charge in [0.05, 0.1) is 4.90 Å². The summed E-state index contributed by atoms with van der Waals surface area (Å²) in [6.45, 7) is 7.54. The summed E-state index contributed by atoms with van der Waals surface area (Å²) in [4.78, 5) is 30.0. The van der Waals surface area contributed by atoms with Crippen molar-refractivity contribution in [1.82, 2.24) is 4.57 Å². The third-order valence-electron chi connectivity index (χ3n) is 4.89. The predicted octanol–water partition coefficient (Wildman–Crippen LogP) is 0.877. The molecule has 11 nitrogen and oxygen atoms in total. The van der Waals surface area contributed by atoms with E-state index < -0.39 is 27.5 Å². The summed E-state index contributed by atoms with van der Waals surface area (Å²) < 4.78 is 29.2. The second kappa shape index (κ2) is 9.94. The van der Waals surface area contributed by atoms with Crippen LogP contribution in [0, 0.1) is 6.92 Å². The van der Waals surface area contributed by atoms with Crippen LogP contribution in [-0.2, 0) is 25.1 Å². The zero-order chi connectivity index (χ0) is 25.0. The fraction of sp³-hybridized carbons (Fsp3) is 0.381. The molecule has 2 aromatic rings. The Kier molecular flexibility index (Phi) is 7.75. The van der Waals surface area contributed by atoms with E-state index in [2.05, 4.69) is 9.88 Å². The van der Waals surface area contributed by atoms with Crippen molar-refractivity contribution in [2.45, 2.75) is 50.5 Å². The van der Waals surface area contributed by atoms with E-state index in [1.165, 1.54) is 24.3 Å². The van der Waals surface area contributed by atoms with E-state index in [1.54, 1.807) is 19.1 Å². The number of carbonyl (C=O) groups is 1. The van der Waals surface area contributed by atoms with Crippen LogP contribution in [0.1, 0.15) is 44.5 Å². The van der Waals surface area contributed by atoms with Crippen molar-refractivity contribution in [1.29, 1.82) is 0 Å². The number of sulfonamides is 1. The molecule has 0 saturated heterocycles. The number of primary amides is 1. The van der Waals surface area contributed by atoms with Crippen LogP contribution in [0.15, 0.2) is 51.2 Å². The Balaban J connectivity index is 2.37. The molecule has 0 radical (unpaired) electrons. The van der Waals surface area contributed by atoms with Gasteiger partial charge in [0.2, 0.25) is 11.9 Å². The van der Waals surface area contributed by atoms with Crippen molar-refractivity contribution in [3.63, 3.8) is 0 Å². The number of guanidine groups is 1. The van der Waals surface area contributed by atoms with Gasteiger partial charge in [-0.25, -0.2) is 8.42 Å². The first-order valence-electron chi connectivity index (χ1n) is 10.1. The van der Waals surface area contributed by atoms with Gasteiger partial charge in [0.1, 0.15) is 18.3 Å². The number of carbonyl (C=O) groups excluding carboxylic acids is 1. The quantitative estimate of drug-likeness (QED) is 0.178. The smallest absolute Gasteiger partial charge is 0.275 e. The second-order valence-corrected chi connectivity index (χ2v) is 10.2. The fourth-order valence-electron chi connectivity index (χ4n) is 3.13. The number of benzene rings is 1. The zero-order valence-corrected chi connectivity index (χ0v) is 19.8. The molecule has 180 valence electrons. The minimum Gasteiger partial charge on any atom is -0.393 e. The van der Waals surface area contributed by atoms with E-state index in [-0.39, 0.29) is 35.0 Å². The molecule has 1 heterocycles. The molecule has 1 aromatic heterocycles. The van der Waals surface area contributed by atoms with Gasteiger partial charge in [0.15, 0.2) is 0 Å².